The van der Waals surface area contributed by atoms with Crippen molar-refractivity contribution in [3.05, 3.63) is 53.3 Å². The van der Waals surface area contributed by atoms with Crippen LogP contribution in [0.2, 0.25) is 0 Å². The summed E-state index contributed by atoms with van der Waals surface area (Å²) >= 11 is 0. The highest BCUT2D eigenvalue weighted by molar-refractivity contribution is 5.97. The summed E-state index contributed by atoms with van der Waals surface area (Å²) in [5.41, 5.74) is 7.98. The SMILES string of the molecule is Cc1ccc(C(=N)N)c(Oc2cccnc2C)c1. The lowest BCUT2D eigenvalue weighted by atomic mass is 10.1. The Morgan fingerprint density at radius 2 is 2.00 bits per heavy atom. The molecule has 4 nitrogen and oxygen atoms in total. The Bertz CT molecular complexity index is 593. The maximum atomic E-state index is 7.55. The third-order valence-corrected chi connectivity index (χ3v) is 2.61. The number of nitrogens with one attached hydrogen (secondary N) is 1. The third kappa shape index (κ3) is 2.48. The van der Waals surface area contributed by atoms with Gasteiger partial charge in [-0.2, -0.15) is 0 Å². The number of aromatic nitrogens is 1. The van der Waals surface area contributed by atoms with E-state index in [0.29, 0.717) is 17.1 Å². The van der Waals surface area contributed by atoms with Crippen molar-refractivity contribution in [3.63, 3.8) is 0 Å². The monoisotopic (exact) mass is 241 g/mol. The van der Waals surface area contributed by atoms with E-state index in [9.17, 15) is 0 Å². The molecule has 0 amide bonds. The molecule has 0 aliphatic carbocycles. The van der Waals surface area contributed by atoms with Gasteiger partial charge in [-0.1, -0.05) is 6.07 Å². The molecule has 0 spiro atoms. The van der Waals surface area contributed by atoms with Gasteiger partial charge in [-0.05, 0) is 43.7 Å². The number of rotatable bonds is 3. The molecule has 1 aromatic carbocycles. The van der Waals surface area contributed by atoms with E-state index >= 15 is 0 Å². The summed E-state index contributed by atoms with van der Waals surface area (Å²) < 4.78 is 5.80. The second kappa shape index (κ2) is 4.87. The van der Waals surface area contributed by atoms with E-state index in [0.717, 1.165) is 11.3 Å². The summed E-state index contributed by atoms with van der Waals surface area (Å²) in [6.45, 7) is 3.84. The highest BCUT2D eigenvalue weighted by atomic mass is 16.5. The highest BCUT2D eigenvalue weighted by Gasteiger charge is 2.09. The van der Waals surface area contributed by atoms with E-state index < -0.39 is 0 Å². The van der Waals surface area contributed by atoms with Gasteiger partial charge in [0.05, 0.1) is 11.3 Å². The molecule has 0 saturated heterocycles. The number of benzene rings is 1. The van der Waals surface area contributed by atoms with Crippen molar-refractivity contribution >= 4 is 5.84 Å². The fraction of sp³-hybridized carbons (Fsp3) is 0.143. The predicted octanol–water partition coefficient (Wildman–Crippen LogP) is 2.77. The van der Waals surface area contributed by atoms with Crippen LogP contribution in [0.25, 0.3) is 0 Å². The fourth-order valence-electron chi connectivity index (χ4n) is 1.63. The van der Waals surface area contributed by atoms with Crippen LogP contribution in [0, 0.1) is 19.3 Å². The van der Waals surface area contributed by atoms with Gasteiger partial charge < -0.3 is 10.5 Å². The Balaban J connectivity index is 2.42. The lowest BCUT2D eigenvalue weighted by molar-refractivity contribution is 0.474. The number of nitrogens with zero attached hydrogens (tertiary/aromatic N) is 1. The second-order valence-electron chi connectivity index (χ2n) is 4.10. The Labute approximate surface area is 106 Å². The Morgan fingerprint density at radius 1 is 1.22 bits per heavy atom. The summed E-state index contributed by atoms with van der Waals surface area (Å²) in [4.78, 5) is 4.16. The zero-order valence-corrected chi connectivity index (χ0v) is 10.4. The molecule has 0 radical (unpaired) electrons. The van der Waals surface area contributed by atoms with Gasteiger partial charge in [0.25, 0.3) is 0 Å². The molecule has 0 atom stereocenters. The number of aryl methyl sites for hydroxylation is 2. The maximum Gasteiger partial charge on any atom is 0.148 e. The first-order valence-electron chi connectivity index (χ1n) is 5.62. The quantitative estimate of drug-likeness (QED) is 0.641. The molecule has 2 rings (SSSR count). The minimum absolute atomic E-state index is 0.00783. The van der Waals surface area contributed by atoms with Crippen molar-refractivity contribution in [2.75, 3.05) is 0 Å². The van der Waals surface area contributed by atoms with E-state index in [4.69, 9.17) is 15.9 Å². The van der Waals surface area contributed by atoms with Crippen LogP contribution in [0.5, 0.6) is 11.5 Å². The minimum Gasteiger partial charge on any atom is -0.455 e. The van der Waals surface area contributed by atoms with Crippen LogP contribution in [-0.2, 0) is 0 Å². The molecule has 0 fully saturated rings. The molecule has 3 N–H and O–H groups in total. The van der Waals surface area contributed by atoms with Crippen molar-refractivity contribution in [2.45, 2.75) is 13.8 Å². The summed E-state index contributed by atoms with van der Waals surface area (Å²) in [5.74, 6) is 1.25. The van der Waals surface area contributed by atoms with Gasteiger partial charge in [0.1, 0.15) is 17.3 Å². The normalized spacial score (nSPS) is 10.1. The van der Waals surface area contributed by atoms with E-state index in [1.807, 2.05) is 38.1 Å². The van der Waals surface area contributed by atoms with Crippen LogP contribution in [-0.4, -0.2) is 10.8 Å². The minimum atomic E-state index is -0.00783. The molecule has 0 aliphatic heterocycles. The molecular weight excluding hydrogens is 226 g/mol. The van der Waals surface area contributed by atoms with Crippen LogP contribution in [0.1, 0.15) is 16.8 Å². The molecule has 0 saturated carbocycles. The van der Waals surface area contributed by atoms with Gasteiger partial charge in [-0.3, -0.25) is 10.4 Å². The molecule has 18 heavy (non-hydrogen) atoms. The first kappa shape index (κ1) is 12.1. The van der Waals surface area contributed by atoms with Gasteiger partial charge in [-0.15, -0.1) is 0 Å². The van der Waals surface area contributed by atoms with Crippen molar-refractivity contribution in [3.8, 4) is 11.5 Å². The maximum absolute atomic E-state index is 7.55. The summed E-state index contributed by atoms with van der Waals surface area (Å²) in [6.07, 6.45) is 1.71. The van der Waals surface area contributed by atoms with E-state index in [1.165, 1.54) is 0 Å². The molecule has 0 bridgehead atoms. The average Bonchev–Trinajstić information content (AvgIpc) is 2.32. The Morgan fingerprint density at radius 3 is 2.67 bits per heavy atom. The highest BCUT2D eigenvalue weighted by Crippen LogP contribution is 2.27. The summed E-state index contributed by atoms with van der Waals surface area (Å²) in [6, 6.07) is 9.21. The van der Waals surface area contributed by atoms with Crippen molar-refractivity contribution in [1.82, 2.24) is 4.98 Å². The zero-order chi connectivity index (χ0) is 13.1. The first-order chi connectivity index (χ1) is 8.58. The van der Waals surface area contributed by atoms with Gasteiger partial charge in [0.15, 0.2) is 0 Å². The lowest BCUT2D eigenvalue weighted by Crippen LogP contribution is -2.12. The summed E-state index contributed by atoms with van der Waals surface area (Å²) in [5, 5.41) is 7.55. The largest absolute Gasteiger partial charge is 0.455 e. The molecule has 0 unspecified atom stereocenters. The Kier molecular flexibility index (Phi) is 3.28. The molecular formula is C14H15N3O. The van der Waals surface area contributed by atoms with E-state index in [2.05, 4.69) is 4.98 Å². The molecule has 4 heteroatoms. The molecule has 0 aliphatic rings. The van der Waals surface area contributed by atoms with Crippen LogP contribution < -0.4 is 10.5 Å². The van der Waals surface area contributed by atoms with E-state index in [-0.39, 0.29) is 5.84 Å². The lowest BCUT2D eigenvalue weighted by Gasteiger charge is -2.12. The van der Waals surface area contributed by atoms with Crippen LogP contribution in [0.15, 0.2) is 36.5 Å². The number of amidine groups is 1. The van der Waals surface area contributed by atoms with Crippen molar-refractivity contribution < 1.29 is 4.74 Å². The van der Waals surface area contributed by atoms with E-state index in [1.54, 1.807) is 12.3 Å². The van der Waals surface area contributed by atoms with Gasteiger partial charge in [0.2, 0.25) is 0 Å². The number of hydrogen-bond donors (Lipinski definition) is 2. The molecule has 2 aromatic rings. The Hall–Kier alpha value is -2.36. The van der Waals surface area contributed by atoms with Crippen LogP contribution in [0.4, 0.5) is 0 Å². The van der Waals surface area contributed by atoms with Gasteiger partial charge >= 0.3 is 0 Å². The molecule has 1 aromatic heterocycles. The topological polar surface area (TPSA) is 72.0 Å². The van der Waals surface area contributed by atoms with Crippen molar-refractivity contribution in [1.29, 1.82) is 5.41 Å². The first-order valence-corrected chi connectivity index (χ1v) is 5.62. The van der Waals surface area contributed by atoms with Crippen LogP contribution >= 0.6 is 0 Å². The molecule has 1 heterocycles. The standard InChI is InChI=1S/C14H15N3O/c1-9-5-6-11(14(15)16)13(8-9)18-12-4-3-7-17-10(12)2/h3-8H,1-2H3,(H3,15,16). The van der Waals surface area contributed by atoms with Gasteiger partial charge in [0, 0.05) is 6.20 Å². The number of nitrogen functional groups attached to an aromatic ring is 1. The fourth-order valence-corrected chi connectivity index (χ4v) is 1.63. The number of ether oxygens (including phenoxy) is 1. The van der Waals surface area contributed by atoms with Crippen molar-refractivity contribution in [2.24, 2.45) is 5.73 Å². The van der Waals surface area contributed by atoms with Gasteiger partial charge in [-0.25, -0.2) is 0 Å². The zero-order valence-electron chi connectivity index (χ0n) is 10.4. The third-order valence-electron chi connectivity index (χ3n) is 2.61. The average molecular weight is 241 g/mol. The second-order valence-corrected chi connectivity index (χ2v) is 4.10. The smallest absolute Gasteiger partial charge is 0.148 e. The summed E-state index contributed by atoms with van der Waals surface area (Å²) in [7, 11) is 0. The number of hydrogen-bond acceptors (Lipinski definition) is 3. The predicted molar refractivity (Wildman–Crippen MR) is 71.2 cm³/mol. The van der Waals surface area contributed by atoms with Crippen LogP contribution in [0.3, 0.4) is 0 Å². The number of nitrogens with two attached hydrogens (primary N) is 1. The molecule has 92 valence electrons. The number of pyridine rings is 1.